The summed E-state index contributed by atoms with van der Waals surface area (Å²) in [7, 11) is 0. The highest BCUT2D eigenvalue weighted by atomic mass is 79.9. The van der Waals surface area contributed by atoms with Crippen LogP contribution in [0.4, 0.5) is 13.6 Å². The van der Waals surface area contributed by atoms with Crippen molar-refractivity contribution >= 4 is 49.6 Å². The third kappa shape index (κ3) is 7.10. The number of halogens is 5. The molecule has 1 N–H and O–H groups in total. The molecule has 0 radical (unpaired) electrons. The Kier molecular flexibility index (Phi) is 8.78. The molecule has 2 aromatic rings. The fourth-order valence-electron chi connectivity index (χ4n) is 2.20. The molecule has 0 aliphatic carbocycles. The van der Waals surface area contributed by atoms with Crippen LogP contribution in [0.15, 0.2) is 36.4 Å². The summed E-state index contributed by atoms with van der Waals surface area (Å²) in [6, 6.07) is 7.33. The molecule has 1 amide bonds. The highest BCUT2D eigenvalue weighted by molar-refractivity contribution is 9.12. The molecule has 0 saturated carbocycles. The molecule has 152 valence electrons. The molecule has 1 atom stereocenters. The first-order chi connectivity index (χ1) is 13.3. The first-order valence-corrected chi connectivity index (χ1v) is 10.4. The van der Waals surface area contributed by atoms with E-state index < -0.39 is 17.7 Å². The molecule has 28 heavy (non-hydrogen) atoms. The van der Waals surface area contributed by atoms with Crippen LogP contribution in [-0.2, 0) is 0 Å². The lowest BCUT2D eigenvalue weighted by atomic mass is 10.3. The fraction of sp³-hybridized carbons (Fsp3) is 0.278. The number of carboxylic acid groups (broad SMARTS) is 1. The minimum absolute atomic E-state index is 0.00421. The molecule has 0 heterocycles. The average molecular weight is 544 g/mol. The Morgan fingerprint density at radius 3 is 2.43 bits per heavy atom. The van der Waals surface area contributed by atoms with Gasteiger partial charge in [-0.05, 0) is 12.1 Å². The first-order valence-electron chi connectivity index (χ1n) is 8.02. The summed E-state index contributed by atoms with van der Waals surface area (Å²) in [5, 5.41) is 10.1. The van der Waals surface area contributed by atoms with Crippen molar-refractivity contribution in [2.45, 2.75) is 4.83 Å². The van der Waals surface area contributed by atoms with E-state index in [0.717, 1.165) is 18.2 Å². The first kappa shape index (κ1) is 22.7. The molecular formula is C18H16Br2ClF2NO4. The molecule has 10 heteroatoms. The van der Waals surface area contributed by atoms with E-state index in [4.69, 9.17) is 21.1 Å². The molecule has 0 saturated heterocycles. The number of hydrogen-bond donors (Lipinski definition) is 1. The van der Waals surface area contributed by atoms with Crippen LogP contribution in [0.3, 0.4) is 0 Å². The van der Waals surface area contributed by atoms with E-state index in [1.807, 2.05) is 0 Å². The van der Waals surface area contributed by atoms with E-state index in [9.17, 15) is 18.7 Å². The minimum atomic E-state index is -1.05. The van der Waals surface area contributed by atoms with Gasteiger partial charge in [-0.2, -0.15) is 0 Å². The van der Waals surface area contributed by atoms with Gasteiger partial charge in [-0.3, -0.25) is 0 Å². The number of nitrogens with zero attached hydrogens (tertiary/aromatic N) is 1. The van der Waals surface area contributed by atoms with Crippen molar-refractivity contribution in [1.82, 2.24) is 4.90 Å². The number of ether oxygens (including phenoxy) is 2. The maximum atomic E-state index is 13.2. The fourth-order valence-corrected chi connectivity index (χ4v) is 2.98. The van der Waals surface area contributed by atoms with Gasteiger partial charge in [0.2, 0.25) is 0 Å². The zero-order chi connectivity index (χ0) is 20.7. The van der Waals surface area contributed by atoms with Gasteiger partial charge < -0.3 is 19.5 Å². The standard InChI is InChI=1S/C18H16Br2ClF2NO4/c19-9-11(20)10-24(18(25)26)3-4-27-17-2-1-14(8-16(17)21)28-15-6-12(22)5-13(23)7-15/h1-2,5-8,11H,3-4,9-10H2,(H,25,26). The van der Waals surface area contributed by atoms with Gasteiger partial charge >= 0.3 is 6.09 Å². The van der Waals surface area contributed by atoms with Crippen molar-refractivity contribution in [1.29, 1.82) is 0 Å². The van der Waals surface area contributed by atoms with Gasteiger partial charge in [-0.25, -0.2) is 13.6 Å². The number of hydrogen-bond acceptors (Lipinski definition) is 3. The lowest BCUT2D eigenvalue weighted by Gasteiger charge is -2.21. The average Bonchev–Trinajstić information content (AvgIpc) is 2.61. The van der Waals surface area contributed by atoms with Gasteiger partial charge in [-0.15, -0.1) is 0 Å². The third-order valence-corrected chi connectivity index (χ3v) is 6.01. The smallest absolute Gasteiger partial charge is 0.407 e. The Bertz CT molecular complexity index is 808. The van der Waals surface area contributed by atoms with Crippen LogP contribution in [-0.4, -0.2) is 46.0 Å². The molecule has 0 aliphatic rings. The third-order valence-electron chi connectivity index (χ3n) is 3.45. The summed E-state index contributed by atoms with van der Waals surface area (Å²) in [5.41, 5.74) is 0. The van der Waals surface area contributed by atoms with Crippen LogP contribution in [0.2, 0.25) is 5.02 Å². The van der Waals surface area contributed by atoms with Crippen LogP contribution < -0.4 is 9.47 Å². The molecule has 5 nitrogen and oxygen atoms in total. The van der Waals surface area contributed by atoms with Crippen LogP contribution in [0.5, 0.6) is 17.2 Å². The number of amides is 1. The Morgan fingerprint density at radius 2 is 1.86 bits per heavy atom. The predicted molar refractivity (Wildman–Crippen MR) is 109 cm³/mol. The molecule has 1 unspecified atom stereocenters. The number of benzene rings is 2. The van der Waals surface area contributed by atoms with Crippen molar-refractivity contribution in [3.63, 3.8) is 0 Å². The van der Waals surface area contributed by atoms with Crippen molar-refractivity contribution in [2.24, 2.45) is 0 Å². The number of alkyl halides is 2. The second-order valence-corrected chi connectivity index (χ2v) is 7.98. The van der Waals surface area contributed by atoms with Crippen molar-refractivity contribution in [2.75, 3.05) is 25.0 Å². The highest BCUT2D eigenvalue weighted by Crippen LogP contribution is 2.31. The maximum Gasteiger partial charge on any atom is 0.407 e. The molecule has 0 fully saturated rings. The van der Waals surface area contributed by atoms with Crippen LogP contribution in [0, 0.1) is 11.6 Å². The van der Waals surface area contributed by atoms with E-state index in [2.05, 4.69) is 31.9 Å². The summed E-state index contributed by atoms with van der Waals surface area (Å²) < 4.78 is 37.4. The molecule has 0 bridgehead atoms. The highest BCUT2D eigenvalue weighted by Gasteiger charge is 2.16. The molecule has 2 rings (SSSR count). The van der Waals surface area contributed by atoms with Gasteiger partial charge in [0.1, 0.15) is 35.5 Å². The second-order valence-electron chi connectivity index (χ2n) is 5.63. The molecule has 0 aliphatic heterocycles. The number of rotatable bonds is 9. The van der Waals surface area contributed by atoms with Gasteiger partial charge in [-0.1, -0.05) is 43.5 Å². The maximum absolute atomic E-state index is 13.2. The van der Waals surface area contributed by atoms with Crippen molar-refractivity contribution in [3.8, 4) is 17.2 Å². The normalized spacial score (nSPS) is 11.8. The topological polar surface area (TPSA) is 59.0 Å². The van der Waals surface area contributed by atoms with Gasteiger partial charge in [0.15, 0.2) is 0 Å². The van der Waals surface area contributed by atoms with E-state index in [-0.39, 0.29) is 34.5 Å². The monoisotopic (exact) mass is 541 g/mol. The van der Waals surface area contributed by atoms with E-state index in [1.54, 1.807) is 0 Å². The Labute approximate surface area is 182 Å². The molecule has 0 aromatic heterocycles. The lowest BCUT2D eigenvalue weighted by molar-refractivity contribution is 0.136. The molecule has 0 spiro atoms. The number of carbonyl (C=O) groups is 1. The van der Waals surface area contributed by atoms with E-state index in [1.165, 1.54) is 23.1 Å². The summed E-state index contributed by atoms with van der Waals surface area (Å²) in [4.78, 5) is 12.5. The van der Waals surface area contributed by atoms with Gasteiger partial charge in [0.25, 0.3) is 0 Å². The minimum Gasteiger partial charge on any atom is -0.490 e. The largest absolute Gasteiger partial charge is 0.490 e. The van der Waals surface area contributed by atoms with Crippen molar-refractivity contribution < 1.29 is 28.2 Å². The van der Waals surface area contributed by atoms with E-state index >= 15 is 0 Å². The SMILES string of the molecule is O=C(O)N(CCOc1ccc(Oc2cc(F)cc(F)c2)cc1Cl)CC(Br)CBr. The van der Waals surface area contributed by atoms with Gasteiger partial charge in [0, 0.05) is 41.0 Å². The van der Waals surface area contributed by atoms with Crippen LogP contribution in [0.1, 0.15) is 0 Å². The lowest BCUT2D eigenvalue weighted by Crippen LogP contribution is -2.38. The molecular weight excluding hydrogens is 527 g/mol. The summed E-state index contributed by atoms with van der Waals surface area (Å²) in [6.07, 6.45) is -1.05. The Hall–Kier alpha value is -1.58. The quantitative estimate of drug-likeness (QED) is 0.399. The second kappa shape index (κ2) is 10.8. The van der Waals surface area contributed by atoms with Crippen LogP contribution in [0.25, 0.3) is 0 Å². The summed E-state index contributed by atoms with van der Waals surface area (Å²) >= 11 is 12.8. The van der Waals surface area contributed by atoms with Crippen molar-refractivity contribution in [3.05, 3.63) is 53.1 Å². The molecule has 2 aromatic carbocycles. The Balaban J connectivity index is 1.95. The van der Waals surface area contributed by atoms with Gasteiger partial charge in [0.05, 0.1) is 11.6 Å². The van der Waals surface area contributed by atoms with Crippen LogP contribution >= 0.6 is 43.5 Å². The predicted octanol–water partition coefficient (Wildman–Crippen LogP) is 5.93. The van der Waals surface area contributed by atoms with E-state index in [0.29, 0.717) is 17.6 Å². The summed E-state index contributed by atoms with van der Waals surface area (Å²) in [6.45, 7) is 0.555. The zero-order valence-electron chi connectivity index (χ0n) is 14.4. The summed E-state index contributed by atoms with van der Waals surface area (Å²) in [5.74, 6) is -0.908. The Morgan fingerprint density at radius 1 is 1.18 bits per heavy atom. The zero-order valence-corrected chi connectivity index (χ0v) is 18.3.